The molecular weight excluding hydrogens is 350 g/mol. The average molecular weight is 375 g/mol. The van der Waals surface area contributed by atoms with Gasteiger partial charge < -0.3 is 10.0 Å². The van der Waals surface area contributed by atoms with E-state index in [1.807, 2.05) is 24.3 Å². The molecule has 0 radical (unpaired) electrons. The highest BCUT2D eigenvalue weighted by molar-refractivity contribution is 5.73. The van der Waals surface area contributed by atoms with Gasteiger partial charge in [-0.05, 0) is 60.9 Å². The molecule has 3 atom stereocenters. The van der Waals surface area contributed by atoms with Gasteiger partial charge in [-0.25, -0.2) is 0 Å². The average Bonchev–Trinajstić information content (AvgIpc) is 3.37. The molecule has 2 N–H and O–H groups in total. The second-order valence-corrected chi connectivity index (χ2v) is 8.28. The molecule has 6 nitrogen and oxygen atoms in total. The van der Waals surface area contributed by atoms with Gasteiger partial charge in [0.2, 0.25) is 0 Å². The maximum Gasteiger partial charge on any atom is 0.151 e. The minimum Gasteiger partial charge on any atom is -0.507 e. The summed E-state index contributed by atoms with van der Waals surface area (Å²) in [5, 5.41) is 26.1. The number of nitrogens with zero attached hydrogens (tertiary/aromatic N) is 4. The number of aromatic amines is 1. The van der Waals surface area contributed by atoms with Crippen LogP contribution in [0.5, 0.6) is 5.75 Å². The van der Waals surface area contributed by atoms with Gasteiger partial charge in [-0.2, -0.15) is 5.10 Å². The molecule has 144 valence electrons. The normalized spacial score (nSPS) is 23.7. The SMILES string of the molecule is CN(c1ccc(-c2ccc(-c3cn[nH]c3)cc2O)nn1)C1C[C@H]2CC[C@@H](C1)C2. The van der Waals surface area contributed by atoms with Crippen molar-refractivity contribution in [1.82, 2.24) is 20.4 Å². The molecule has 1 unspecified atom stereocenters. The zero-order valence-corrected chi connectivity index (χ0v) is 16.0. The number of hydrogen-bond acceptors (Lipinski definition) is 5. The van der Waals surface area contributed by atoms with Crippen molar-refractivity contribution in [2.75, 3.05) is 11.9 Å². The standard InChI is InChI=1S/C22H25N5O/c1-27(18-9-14-2-3-15(8-14)10-18)22-7-6-20(25-26-22)19-5-4-16(11-21(19)28)17-12-23-24-13-17/h4-7,11-15,18,28H,2-3,8-10H2,1H3,(H,23,24)/t14-,15+,18?. The smallest absolute Gasteiger partial charge is 0.151 e. The predicted octanol–water partition coefficient (Wildman–Crippen LogP) is 4.25. The van der Waals surface area contributed by atoms with Gasteiger partial charge in [-0.15, -0.1) is 10.2 Å². The van der Waals surface area contributed by atoms with Crippen molar-refractivity contribution in [3.05, 3.63) is 42.7 Å². The maximum atomic E-state index is 10.5. The Bertz CT molecular complexity index is 942. The number of phenolic OH excluding ortho intramolecular Hbond substituents is 1. The first-order valence-corrected chi connectivity index (χ1v) is 10.1. The largest absolute Gasteiger partial charge is 0.507 e. The van der Waals surface area contributed by atoms with Crippen LogP contribution >= 0.6 is 0 Å². The first-order valence-electron chi connectivity index (χ1n) is 10.1. The summed E-state index contributed by atoms with van der Waals surface area (Å²) in [5.41, 5.74) is 3.21. The lowest BCUT2D eigenvalue weighted by Crippen LogP contribution is -2.37. The summed E-state index contributed by atoms with van der Waals surface area (Å²) in [6.45, 7) is 0. The Balaban J connectivity index is 1.35. The van der Waals surface area contributed by atoms with E-state index in [0.29, 0.717) is 17.3 Å². The molecule has 0 saturated heterocycles. The highest BCUT2D eigenvalue weighted by Crippen LogP contribution is 2.43. The van der Waals surface area contributed by atoms with Crippen LogP contribution in [0.1, 0.15) is 32.1 Å². The van der Waals surface area contributed by atoms with Crippen LogP contribution in [-0.2, 0) is 0 Å². The van der Waals surface area contributed by atoms with Crippen molar-refractivity contribution in [2.24, 2.45) is 11.8 Å². The summed E-state index contributed by atoms with van der Waals surface area (Å²) < 4.78 is 0. The van der Waals surface area contributed by atoms with Crippen LogP contribution in [0, 0.1) is 11.8 Å². The summed E-state index contributed by atoms with van der Waals surface area (Å²) in [6, 6.07) is 10.1. The van der Waals surface area contributed by atoms with Crippen LogP contribution in [0.4, 0.5) is 5.82 Å². The number of anilines is 1. The van der Waals surface area contributed by atoms with Crippen LogP contribution in [-0.4, -0.2) is 38.6 Å². The first kappa shape index (κ1) is 17.2. The molecule has 0 aliphatic heterocycles. The molecule has 2 heterocycles. The third-order valence-corrected chi connectivity index (χ3v) is 6.53. The minimum absolute atomic E-state index is 0.193. The lowest BCUT2D eigenvalue weighted by molar-refractivity contribution is 0.312. The third kappa shape index (κ3) is 3.13. The Morgan fingerprint density at radius 2 is 1.82 bits per heavy atom. The summed E-state index contributed by atoms with van der Waals surface area (Å²) in [6.07, 6.45) is 10.3. The van der Waals surface area contributed by atoms with Crippen molar-refractivity contribution in [1.29, 1.82) is 0 Å². The number of hydrogen-bond donors (Lipinski definition) is 2. The van der Waals surface area contributed by atoms with Gasteiger partial charge in [0, 0.05) is 30.4 Å². The number of fused-ring (bicyclic) bond motifs is 2. The van der Waals surface area contributed by atoms with Crippen molar-refractivity contribution < 1.29 is 5.11 Å². The number of aromatic hydroxyl groups is 1. The van der Waals surface area contributed by atoms with Crippen LogP contribution in [0.2, 0.25) is 0 Å². The number of nitrogens with one attached hydrogen (secondary N) is 1. The topological polar surface area (TPSA) is 77.9 Å². The number of aromatic nitrogens is 4. The highest BCUT2D eigenvalue weighted by atomic mass is 16.3. The van der Waals surface area contributed by atoms with Gasteiger partial charge in [-0.3, -0.25) is 5.10 Å². The minimum atomic E-state index is 0.193. The van der Waals surface area contributed by atoms with Crippen LogP contribution in [0.3, 0.4) is 0 Å². The van der Waals surface area contributed by atoms with Crippen LogP contribution < -0.4 is 4.90 Å². The van der Waals surface area contributed by atoms with E-state index in [9.17, 15) is 5.11 Å². The second-order valence-electron chi connectivity index (χ2n) is 8.28. The van der Waals surface area contributed by atoms with Crippen LogP contribution in [0.15, 0.2) is 42.7 Å². The zero-order chi connectivity index (χ0) is 19.1. The monoisotopic (exact) mass is 375 g/mol. The fourth-order valence-electron chi connectivity index (χ4n) is 4.97. The van der Waals surface area contributed by atoms with Gasteiger partial charge >= 0.3 is 0 Å². The fourth-order valence-corrected chi connectivity index (χ4v) is 4.97. The molecule has 6 heteroatoms. The van der Waals surface area contributed by atoms with Gasteiger partial charge in [0.05, 0.1) is 11.9 Å². The lowest BCUT2D eigenvalue weighted by Gasteiger charge is -2.35. The van der Waals surface area contributed by atoms with E-state index in [4.69, 9.17) is 0 Å². The molecule has 2 aliphatic carbocycles. The summed E-state index contributed by atoms with van der Waals surface area (Å²) in [5.74, 6) is 2.88. The van der Waals surface area contributed by atoms with E-state index in [2.05, 4.69) is 32.3 Å². The molecule has 2 saturated carbocycles. The van der Waals surface area contributed by atoms with Crippen LogP contribution in [0.25, 0.3) is 22.4 Å². The lowest BCUT2D eigenvalue weighted by atomic mass is 9.85. The third-order valence-electron chi connectivity index (χ3n) is 6.53. The maximum absolute atomic E-state index is 10.5. The first-order chi connectivity index (χ1) is 13.7. The fraction of sp³-hybridized carbons (Fsp3) is 0.409. The Kier molecular flexibility index (Phi) is 4.26. The molecule has 5 rings (SSSR count). The molecule has 2 aliphatic rings. The Morgan fingerprint density at radius 1 is 1.00 bits per heavy atom. The molecule has 2 fully saturated rings. The van der Waals surface area contributed by atoms with Gasteiger partial charge in [0.25, 0.3) is 0 Å². The van der Waals surface area contributed by atoms with Crippen molar-refractivity contribution in [3.63, 3.8) is 0 Å². The molecule has 2 aromatic heterocycles. The molecular formula is C22H25N5O. The van der Waals surface area contributed by atoms with Crippen molar-refractivity contribution in [2.45, 2.75) is 38.1 Å². The van der Waals surface area contributed by atoms with E-state index in [1.54, 1.807) is 18.5 Å². The number of benzene rings is 1. The predicted molar refractivity (Wildman–Crippen MR) is 109 cm³/mol. The molecule has 2 bridgehead atoms. The van der Waals surface area contributed by atoms with E-state index in [1.165, 1.54) is 32.1 Å². The second kappa shape index (κ2) is 6.93. The summed E-state index contributed by atoms with van der Waals surface area (Å²) >= 11 is 0. The molecule has 28 heavy (non-hydrogen) atoms. The zero-order valence-electron chi connectivity index (χ0n) is 16.0. The number of phenols is 1. The van der Waals surface area contributed by atoms with Gasteiger partial charge in [0.15, 0.2) is 5.82 Å². The van der Waals surface area contributed by atoms with Gasteiger partial charge in [0.1, 0.15) is 5.75 Å². The van der Waals surface area contributed by atoms with E-state index < -0.39 is 0 Å². The summed E-state index contributed by atoms with van der Waals surface area (Å²) in [4.78, 5) is 2.29. The number of H-pyrrole nitrogens is 1. The Labute approximate surface area is 164 Å². The molecule has 0 spiro atoms. The summed E-state index contributed by atoms with van der Waals surface area (Å²) in [7, 11) is 2.14. The molecule has 1 aromatic carbocycles. The Hall–Kier alpha value is -2.89. The Morgan fingerprint density at radius 3 is 2.46 bits per heavy atom. The van der Waals surface area contributed by atoms with Crippen molar-refractivity contribution in [3.8, 4) is 28.1 Å². The quantitative estimate of drug-likeness (QED) is 0.713. The van der Waals surface area contributed by atoms with E-state index >= 15 is 0 Å². The highest BCUT2D eigenvalue weighted by Gasteiger charge is 2.36. The van der Waals surface area contributed by atoms with E-state index in [-0.39, 0.29) is 5.75 Å². The van der Waals surface area contributed by atoms with E-state index in [0.717, 1.165) is 28.8 Å². The number of rotatable bonds is 4. The molecule has 3 aromatic rings. The van der Waals surface area contributed by atoms with Gasteiger partial charge in [-0.1, -0.05) is 18.9 Å². The molecule has 0 amide bonds. The van der Waals surface area contributed by atoms with Crippen molar-refractivity contribution >= 4 is 5.82 Å².